The van der Waals surface area contributed by atoms with Crippen LogP contribution in [0.3, 0.4) is 0 Å². The molecule has 0 amide bonds. The Bertz CT molecular complexity index is 1400. The highest BCUT2D eigenvalue weighted by molar-refractivity contribution is 6.33. The van der Waals surface area contributed by atoms with E-state index in [-0.39, 0.29) is 23.7 Å². The topological polar surface area (TPSA) is 74.1 Å². The number of ether oxygens (including phenoxy) is 2. The Morgan fingerprint density at radius 2 is 2.03 bits per heavy atom. The summed E-state index contributed by atoms with van der Waals surface area (Å²) in [6.45, 7) is 6.39. The third kappa shape index (κ3) is 3.94. The molecule has 7 nitrogen and oxygen atoms in total. The van der Waals surface area contributed by atoms with Crippen LogP contribution in [0.2, 0.25) is 5.15 Å². The number of hydrogen-bond acceptors (Lipinski definition) is 6. The number of halogens is 1. The van der Waals surface area contributed by atoms with E-state index in [0.717, 1.165) is 47.9 Å². The SMILES string of the molecule is CNc1ccc2c(n1)=CC(CC[C@@]1(C)C[C@@H](n3ccc4c(Cl)ncnc43)[C@@H]3OC(C)(C)O[C@@H]31)CC=2. The molecule has 1 aliphatic heterocycles. The molecule has 6 rings (SSSR count). The molecule has 2 aliphatic carbocycles. The molecule has 184 valence electrons. The van der Waals surface area contributed by atoms with Crippen molar-refractivity contribution in [3.8, 4) is 0 Å². The highest BCUT2D eigenvalue weighted by atomic mass is 35.5. The third-order valence-corrected chi connectivity index (χ3v) is 8.32. The van der Waals surface area contributed by atoms with Gasteiger partial charge in [-0.1, -0.05) is 30.7 Å². The van der Waals surface area contributed by atoms with Crippen molar-refractivity contribution >= 4 is 40.6 Å². The van der Waals surface area contributed by atoms with Crippen LogP contribution in [0.15, 0.2) is 30.7 Å². The Morgan fingerprint density at radius 3 is 2.86 bits per heavy atom. The van der Waals surface area contributed by atoms with Gasteiger partial charge in [-0.05, 0) is 74.3 Å². The van der Waals surface area contributed by atoms with Crippen LogP contribution in [0.25, 0.3) is 23.2 Å². The molecule has 0 radical (unpaired) electrons. The number of nitrogens with zero attached hydrogens (tertiary/aromatic N) is 4. The zero-order valence-electron chi connectivity index (χ0n) is 20.7. The predicted molar refractivity (Wildman–Crippen MR) is 137 cm³/mol. The zero-order chi connectivity index (χ0) is 24.4. The second kappa shape index (κ2) is 8.29. The van der Waals surface area contributed by atoms with Crippen molar-refractivity contribution < 1.29 is 9.47 Å². The van der Waals surface area contributed by atoms with Gasteiger partial charge in [0.2, 0.25) is 0 Å². The smallest absolute Gasteiger partial charge is 0.163 e. The van der Waals surface area contributed by atoms with Gasteiger partial charge in [0.25, 0.3) is 0 Å². The van der Waals surface area contributed by atoms with Gasteiger partial charge < -0.3 is 19.4 Å². The van der Waals surface area contributed by atoms with Gasteiger partial charge in [-0.25, -0.2) is 15.0 Å². The Morgan fingerprint density at radius 1 is 1.17 bits per heavy atom. The summed E-state index contributed by atoms with van der Waals surface area (Å²) in [5, 5.41) is 6.80. The quantitative estimate of drug-likeness (QED) is 0.540. The molecule has 1 saturated carbocycles. The molecule has 1 saturated heterocycles. The van der Waals surface area contributed by atoms with E-state index in [1.807, 2.05) is 33.0 Å². The molecule has 2 fully saturated rings. The van der Waals surface area contributed by atoms with Crippen LogP contribution in [0.5, 0.6) is 0 Å². The Balaban J connectivity index is 1.28. The summed E-state index contributed by atoms with van der Waals surface area (Å²) in [5.41, 5.74) is 0.828. The summed E-state index contributed by atoms with van der Waals surface area (Å²) in [5.74, 6) is 0.761. The molecule has 4 heterocycles. The standard InChI is InChI=1S/C27H32ClN5O2/c1-26(2)34-22-20(33-12-10-18-24(28)30-15-31-25(18)33)14-27(3,23(22)35-26)11-9-16-5-6-17-7-8-21(29-4)32-19(17)13-16/h6-8,10,12-13,15-16,20,22-23H,5,9,11,14H2,1-4H3,(H,29,32)/t16?,20-,22+,23+,27+/m1/s1. The van der Waals surface area contributed by atoms with Crippen molar-refractivity contribution in [2.75, 3.05) is 12.4 Å². The first-order valence-electron chi connectivity index (χ1n) is 12.5. The fourth-order valence-electron chi connectivity index (χ4n) is 6.24. The predicted octanol–water partition coefficient (Wildman–Crippen LogP) is 4.05. The molecule has 1 unspecified atom stereocenters. The van der Waals surface area contributed by atoms with E-state index in [4.69, 9.17) is 26.1 Å². The van der Waals surface area contributed by atoms with Crippen LogP contribution in [0, 0.1) is 11.3 Å². The minimum absolute atomic E-state index is 0.0196. The maximum atomic E-state index is 6.55. The van der Waals surface area contributed by atoms with Gasteiger partial charge in [0.15, 0.2) is 5.79 Å². The monoisotopic (exact) mass is 493 g/mol. The first kappa shape index (κ1) is 23.0. The van der Waals surface area contributed by atoms with E-state index in [1.54, 1.807) is 0 Å². The lowest BCUT2D eigenvalue weighted by Gasteiger charge is -2.33. The molecule has 3 aliphatic rings. The van der Waals surface area contributed by atoms with Crippen LogP contribution < -0.4 is 15.9 Å². The van der Waals surface area contributed by atoms with Crippen LogP contribution >= 0.6 is 11.6 Å². The summed E-state index contributed by atoms with van der Waals surface area (Å²) in [4.78, 5) is 13.5. The number of fused-ring (bicyclic) bond motifs is 3. The average molecular weight is 494 g/mol. The summed E-state index contributed by atoms with van der Waals surface area (Å²) in [7, 11) is 1.91. The number of anilines is 1. The van der Waals surface area contributed by atoms with Crippen LogP contribution in [-0.2, 0) is 9.47 Å². The Hall–Kier alpha value is -2.48. The molecular formula is C27H32ClN5O2. The van der Waals surface area contributed by atoms with Crippen molar-refractivity contribution in [2.24, 2.45) is 11.3 Å². The van der Waals surface area contributed by atoms with Crippen molar-refractivity contribution in [1.82, 2.24) is 19.5 Å². The summed E-state index contributed by atoms with van der Waals surface area (Å²) < 4.78 is 15.3. The van der Waals surface area contributed by atoms with Crippen molar-refractivity contribution in [3.05, 3.63) is 46.4 Å². The maximum Gasteiger partial charge on any atom is 0.163 e. The minimum Gasteiger partial charge on any atom is -0.373 e. The first-order valence-corrected chi connectivity index (χ1v) is 12.8. The van der Waals surface area contributed by atoms with Gasteiger partial charge in [-0.2, -0.15) is 0 Å². The van der Waals surface area contributed by atoms with Gasteiger partial charge >= 0.3 is 0 Å². The van der Waals surface area contributed by atoms with Crippen molar-refractivity contribution in [2.45, 2.75) is 70.5 Å². The normalized spacial score (nSPS) is 31.0. The molecule has 0 spiro atoms. The van der Waals surface area contributed by atoms with Crippen molar-refractivity contribution in [3.63, 3.8) is 0 Å². The number of hydrogen-bond donors (Lipinski definition) is 1. The Kier molecular flexibility index (Phi) is 5.43. The Labute approximate surface area is 210 Å². The lowest BCUT2D eigenvalue weighted by molar-refractivity contribution is -0.168. The summed E-state index contributed by atoms with van der Waals surface area (Å²) >= 11 is 6.34. The maximum absolute atomic E-state index is 6.55. The molecule has 35 heavy (non-hydrogen) atoms. The average Bonchev–Trinajstić information content (AvgIpc) is 3.49. The van der Waals surface area contributed by atoms with Gasteiger partial charge in [0, 0.05) is 13.2 Å². The van der Waals surface area contributed by atoms with Gasteiger partial charge in [-0.15, -0.1) is 0 Å². The molecule has 5 atom stereocenters. The number of nitrogens with one attached hydrogen (secondary N) is 1. The number of rotatable bonds is 5. The molecule has 8 heteroatoms. The van der Waals surface area contributed by atoms with Gasteiger partial charge in [0.05, 0.1) is 22.9 Å². The van der Waals surface area contributed by atoms with Crippen LogP contribution in [0.4, 0.5) is 5.82 Å². The van der Waals surface area contributed by atoms with E-state index >= 15 is 0 Å². The molecular weight excluding hydrogens is 462 g/mol. The number of pyridine rings is 1. The molecule has 3 aromatic rings. The van der Waals surface area contributed by atoms with Crippen LogP contribution in [0.1, 0.15) is 52.5 Å². The van der Waals surface area contributed by atoms with Crippen LogP contribution in [-0.4, -0.2) is 44.6 Å². The number of aromatic nitrogens is 4. The zero-order valence-corrected chi connectivity index (χ0v) is 21.4. The third-order valence-electron chi connectivity index (χ3n) is 8.02. The van der Waals surface area contributed by atoms with Crippen molar-refractivity contribution in [1.29, 1.82) is 0 Å². The summed E-state index contributed by atoms with van der Waals surface area (Å²) in [6.07, 6.45) is 12.4. The molecule has 1 N–H and O–H groups in total. The second-order valence-electron chi connectivity index (χ2n) is 10.9. The first-order chi connectivity index (χ1) is 16.8. The van der Waals surface area contributed by atoms with E-state index in [9.17, 15) is 0 Å². The van der Waals surface area contributed by atoms with E-state index in [1.165, 1.54) is 11.5 Å². The highest BCUT2D eigenvalue weighted by Crippen LogP contribution is 2.56. The molecule has 0 aromatic carbocycles. The summed E-state index contributed by atoms with van der Waals surface area (Å²) in [6, 6.07) is 6.31. The molecule has 3 aromatic heterocycles. The fourth-order valence-corrected chi connectivity index (χ4v) is 6.44. The highest BCUT2D eigenvalue weighted by Gasteiger charge is 2.59. The van der Waals surface area contributed by atoms with E-state index < -0.39 is 5.79 Å². The largest absolute Gasteiger partial charge is 0.373 e. The fraction of sp³-hybridized carbons (Fsp3) is 0.519. The van der Waals surface area contributed by atoms with E-state index in [2.05, 4.69) is 51.2 Å². The second-order valence-corrected chi connectivity index (χ2v) is 11.3. The minimum atomic E-state index is -0.609. The lowest BCUT2D eigenvalue weighted by Crippen LogP contribution is -2.35. The van der Waals surface area contributed by atoms with Gasteiger partial charge in [0.1, 0.15) is 29.0 Å². The van der Waals surface area contributed by atoms with Gasteiger partial charge in [-0.3, -0.25) is 0 Å². The van der Waals surface area contributed by atoms with E-state index in [0.29, 0.717) is 11.1 Å². The lowest BCUT2D eigenvalue weighted by atomic mass is 9.78. The molecule has 0 bridgehead atoms.